The molecule has 3 rings (SSSR count). The van der Waals surface area contributed by atoms with Gasteiger partial charge >= 0.3 is 0 Å². The molecule has 1 aliphatic rings. The maximum Gasteiger partial charge on any atom is 0.279 e. The first-order valence-corrected chi connectivity index (χ1v) is 10.1. The number of hydrogen-bond donors (Lipinski definition) is 2. The Balaban J connectivity index is 1.45. The van der Waals surface area contributed by atoms with Gasteiger partial charge in [0, 0.05) is 17.7 Å². The van der Waals surface area contributed by atoms with Gasteiger partial charge < -0.3 is 0 Å². The number of nitrogens with one attached hydrogen (secondary N) is 2. The third-order valence-electron chi connectivity index (χ3n) is 4.16. The number of amides is 2. The Morgan fingerprint density at radius 3 is 2.64 bits per heavy atom. The fourth-order valence-electron chi connectivity index (χ4n) is 2.82. The first-order chi connectivity index (χ1) is 12.1. The predicted molar refractivity (Wildman–Crippen MR) is 99.1 cm³/mol. The van der Waals surface area contributed by atoms with Crippen LogP contribution in [0.1, 0.15) is 61.9 Å². The molecular weight excluding hydrogens is 356 g/mol. The smallest absolute Gasteiger partial charge is 0.279 e. The zero-order valence-electron chi connectivity index (χ0n) is 13.8. The minimum Gasteiger partial charge on any atom is -0.293 e. The molecule has 25 heavy (non-hydrogen) atoms. The second-order valence-corrected chi connectivity index (χ2v) is 8.11. The van der Waals surface area contributed by atoms with Gasteiger partial charge in [0.1, 0.15) is 0 Å². The number of rotatable bonds is 5. The lowest BCUT2D eigenvalue weighted by Crippen LogP contribution is -2.41. The number of hydrazine groups is 1. The number of ketones is 1. The molecule has 2 aromatic rings. The molecule has 2 aromatic heterocycles. The van der Waals surface area contributed by atoms with E-state index in [9.17, 15) is 14.4 Å². The van der Waals surface area contributed by atoms with Gasteiger partial charge in [0.2, 0.25) is 5.91 Å². The average molecular weight is 377 g/mol. The molecule has 0 fully saturated rings. The van der Waals surface area contributed by atoms with Crippen molar-refractivity contribution in [1.82, 2.24) is 10.9 Å². The molecule has 5 nitrogen and oxygen atoms in total. The molecule has 0 atom stereocenters. The van der Waals surface area contributed by atoms with Gasteiger partial charge in [0.15, 0.2) is 5.78 Å². The van der Waals surface area contributed by atoms with Gasteiger partial charge in [-0.1, -0.05) is 12.5 Å². The molecule has 0 aromatic carbocycles. The summed E-state index contributed by atoms with van der Waals surface area (Å²) in [5.74, 6) is -0.717. The number of Topliss-reactive ketones (excluding diaryl/α,β-unsaturated/α-hetero) is 1. The fraction of sp³-hybridized carbons (Fsp3) is 0.389. The van der Waals surface area contributed by atoms with Crippen molar-refractivity contribution in [2.75, 3.05) is 0 Å². The third-order valence-corrected chi connectivity index (χ3v) is 6.31. The molecule has 0 aliphatic heterocycles. The molecular formula is C18H20N2O3S2. The minimum absolute atomic E-state index is 0.0535. The maximum absolute atomic E-state index is 12.2. The van der Waals surface area contributed by atoms with Crippen LogP contribution in [0.4, 0.5) is 0 Å². The minimum atomic E-state index is -0.364. The van der Waals surface area contributed by atoms with Crippen molar-refractivity contribution in [1.29, 1.82) is 0 Å². The molecule has 0 unspecified atom stereocenters. The molecule has 2 amide bonds. The summed E-state index contributed by atoms with van der Waals surface area (Å²) in [6.07, 6.45) is 5.82. The number of aryl methyl sites for hydroxylation is 2. The molecule has 0 saturated carbocycles. The first-order valence-electron chi connectivity index (χ1n) is 8.41. The highest BCUT2D eigenvalue weighted by molar-refractivity contribution is 7.14. The first kappa shape index (κ1) is 17.8. The zero-order valence-corrected chi connectivity index (χ0v) is 15.4. The highest BCUT2D eigenvalue weighted by Crippen LogP contribution is 2.28. The van der Waals surface area contributed by atoms with Crippen molar-refractivity contribution in [2.24, 2.45) is 0 Å². The van der Waals surface area contributed by atoms with Crippen molar-refractivity contribution in [2.45, 2.75) is 44.9 Å². The normalized spacial score (nSPS) is 13.6. The lowest BCUT2D eigenvalue weighted by atomic mass is 10.1. The Morgan fingerprint density at radius 1 is 1.00 bits per heavy atom. The van der Waals surface area contributed by atoms with E-state index in [0.29, 0.717) is 9.75 Å². The summed E-state index contributed by atoms with van der Waals surface area (Å²) in [7, 11) is 0. The fourth-order valence-corrected chi connectivity index (χ4v) is 4.66. The third kappa shape index (κ3) is 4.76. The van der Waals surface area contributed by atoms with E-state index in [4.69, 9.17) is 0 Å². The monoisotopic (exact) mass is 376 g/mol. The number of fused-ring (bicyclic) bond motifs is 1. The SMILES string of the molecule is O=C(CCC(=O)c1cccs1)NNC(=O)c1cc2c(s1)CCCCC2. The summed E-state index contributed by atoms with van der Waals surface area (Å²) < 4.78 is 0. The molecule has 132 valence electrons. The molecule has 7 heteroatoms. The summed E-state index contributed by atoms with van der Waals surface area (Å²) in [6.45, 7) is 0. The molecule has 0 radical (unpaired) electrons. The quantitative estimate of drug-likeness (QED) is 0.476. The second-order valence-electron chi connectivity index (χ2n) is 6.02. The van der Waals surface area contributed by atoms with Gasteiger partial charge in [-0.25, -0.2) is 0 Å². The van der Waals surface area contributed by atoms with Gasteiger partial charge in [0.05, 0.1) is 9.75 Å². The topological polar surface area (TPSA) is 75.3 Å². The van der Waals surface area contributed by atoms with Crippen LogP contribution < -0.4 is 10.9 Å². The van der Waals surface area contributed by atoms with Crippen LogP contribution in [-0.2, 0) is 17.6 Å². The summed E-state index contributed by atoms with van der Waals surface area (Å²) in [5, 5.41) is 1.83. The highest BCUT2D eigenvalue weighted by Gasteiger charge is 2.17. The summed E-state index contributed by atoms with van der Waals surface area (Å²) in [4.78, 5) is 38.4. The van der Waals surface area contributed by atoms with E-state index in [1.807, 2.05) is 11.4 Å². The number of hydrogen-bond acceptors (Lipinski definition) is 5. The maximum atomic E-state index is 12.2. The summed E-state index contributed by atoms with van der Waals surface area (Å²) >= 11 is 2.87. The Bertz CT molecular complexity index is 742. The van der Waals surface area contributed by atoms with E-state index in [1.54, 1.807) is 12.1 Å². The van der Waals surface area contributed by atoms with Gasteiger partial charge in [-0.15, -0.1) is 22.7 Å². The predicted octanol–water partition coefficient (Wildman–Crippen LogP) is 3.50. The van der Waals surface area contributed by atoms with Crippen molar-refractivity contribution in [3.63, 3.8) is 0 Å². The lowest BCUT2D eigenvalue weighted by molar-refractivity contribution is -0.121. The van der Waals surface area contributed by atoms with Gasteiger partial charge in [-0.2, -0.15) is 0 Å². The number of carbonyl (C=O) groups is 3. The van der Waals surface area contributed by atoms with Crippen LogP contribution in [0, 0.1) is 0 Å². The van der Waals surface area contributed by atoms with E-state index < -0.39 is 0 Å². The van der Waals surface area contributed by atoms with Crippen molar-refractivity contribution >= 4 is 40.3 Å². The Labute approximate surface area is 154 Å². The Morgan fingerprint density at radius 2 is 1.84 bits per heavy atom. The number of carbonyl (C=O) groups excluding carboxylic acids is 3. The van der Waals surface area contributed by atoms with E-state index >= 15 is 0 Å². The lowest BCUT2D eigenvalue weighted by Gasteiger charge is -2.05. The molecule has 1 aliphatic carbocycles. The van der Waals surface area contributed by atoms with Crippen LogP contribution in [0.15, 0.2) is 23.6 Å². The highest BCUT2D eigenvalue weighted by atomic mass is 32.1. The Hall–Kier alpha value is -1.99. The molecule has 0 bridgehead atoms. The molecule has 0 saturated heterocycles. The van der Waals surface area contributed by atoms with E-state index in [0.717, 1.165) is 12.8 Å². The van der Waals surface area contributed by atoms with Gasteiger partial charge in [-0.05, 0) is 48.8 Å². The van der Waals surface area contributed by atoms with Crippen LogP contribution >= 0.6 is 22.7 Å². The van der Waals surface area contributed by atoms with E-state index in [-0.39, 0.29) is 30.4 Å². The van der Waals surface area contributed by atoms with E-state index in [2.05, 4.69) is 10.9 Å². The van der Waals surface area contributed by atoms with Crippen LogP contribution in [0.3, 0.4) is 0 Å². The average Bonchev–Trinajstić information content (AvgIpc) is 3.24. The van der Waals surface area contributed by atoms with Gasteiger partial charge in [0.25, 0.3) is 5.91 Å². The van der Waals surface area contributed by atoms with Crippen LogP contribution in [0.5, 0.6) is 0 Å². The standard InChI is InChI=1S/C18H20N2O3S2/c21-13(15-7-4-10-24-15)8-9-17(22)19-20-18(23)16-11-12-5-2-1-3-6-14(12)25-16/h4,7,10-11H,1-3,5-6,8-9H2,(H,19,22)(H,20,23). The van der Waals surface area contributed by atoms with Gasteiger partial charge in [-0.3, -0.25) is 25.2 Å². The molecule has 2 heterocycles. The molecule has 0 spiro atoms. The summed E-state index contributed by atoms with van der Waals surface area (Å²) in [6, 6.07) is 5.49. The Kier molecular flexibility index (Phi) is 5.99. The van der Waals surface area contributed by atoms with Crippen molar-refractivity contribution < 1.29 is 14.4 Å². The molecule has 2 N–H and O–H groups in total. The van der Waals surface area contributed by atoms with Crippen LogP contribution in [0.2, 0.25) is 0 Å². The van der Waals surface area contributed by atoms with Crippen molar-refractivity contribution in [3.05, 3.63) is 43.8 Å². The van der Waals surface area contributed by atoms with Crippen LogP contribution in [0.25, 0.3) is 0 Å². The van der Waals surface area contributed by atoms with Crippen molar-refractivity contribution in [3.8, 4) is 0 Å². The zero-order chi connectivity index (χ0) is 17.6. The summed E-state index contributed by atoms with van der Waals surface area (Å²) in [5.41, 5.74) is 6.10. The second kappa shape index (κ2) is 8.40. The largest absolute Gasteiger partial charge is 0.293 e. The van der Waals surface area contributed by atoms with Crippen LogP contribution in [-0.4, -0.2) is 17.6 Å². The van der Waals surface area contributed by atoms with E-state index in [1.165, 1.54) is 52.4 Å². The number of thiophene rings is 2.